The third kappa shape index (κ3) is 4.88. The van der Waals surface area contributed by atoms with Crippen molar-refractivity contribution in [2.24, 2.45) is 0 Å². The maximum absolute atomic E-state index is 11.9. The normalized spacial score (nSPS) is 12.5. The molecule has 0 saturated heterocycles. The number of carbonyl (C=O) groups is 1. The van der Waals surface area contributed by atoms with E-state index in [0.29, 0.717) is 11.8 Å². The number of nitrogens with one attached hydrogen (secondary N) is 1. The van der Waals surface area contributed by atoms with Crippen LogP contribution >= 0.6 is 11.8 Å². The number of nitrogens with zero attached hydrogens (tertiary/aromatic N) is 1. The van der Waals surface area contributed by atoms with Gasteiger partial charge in [-0.15, -0.1) is 11.8 Å². The molecule has 0 aromatic heterocycles. The molecule has 0 fully saturated rings. The Hall–Kier alpha value is -1.00. The summed E-state index contributed by atoms with van der Waals surface area (Å²) in [5.41, 5.74) is 1.26. The van der Waals surface area contributed by atoms with Gasteiger partial charge in [-0.25, -0.2) is 0 Å². The van der Waals surface area contributed by atoms with Crippen molar-refractivity contribution in [2.45, 2.75) is 37.8 Å². The van der Waals surface area contributed by atoms with E-state index in [1.807, 2.05) is 27.9 Å². The summed E-state index contributed by atoms with van der Waals surface area (Å²) in [5.74, 6) is 0.669. The summed E-state index contributed by atoms with van der Waals surface area (Å²) in [6.07, 6.45) is 0. The highest BCUT2D eigenvalue weighted by molar-refractivity contribution is 8.00. The van der Waals surface area contributed by atoms with E-state index in [0.717, 1.165) is 4.90 Å². The van der Waals surface area contributed by atoms with Crippen molar-refractivity contribution < 1.29 is 4.79 Å². The lowest BCUT2D eigenvalue weighted by Crippen LogP contribution is -2.34. The van der Waals surface area contributed by atoms with Gasteiger partial charge in [-0.2, -0.15) is 0 Å². The molecule has 0 aliphatic rings. The fraction of sp³-hybridized carbons (Fsp3) is 0.533. The van der Waals surface area contributed by atoms with Crippen molar-refractivity contribution in [3.63, 3.8) is 0 Å². The molecule has 0 bridgehead atoms. The van der Waals surface area contributed by atoms with Gasteiger partial charge in [0.2, 0.25) is 5.91 Å². The Balaban J connectivity index is 2.52. The molecule has 1 aromatic carbocycles. The molecule has 106 valence electrons. The zero-order chi connectivity index (χ0) is 14.4. The van der Waals surface area contributed by atoms with Gasteiger partial charge in [0.25, 0.3) is 0 Å². The predicted molar refractivity (Wildman–Crippen MR) is 82.5 cm³/mol. The first-order valence-electron chi connectivity index (χ1n) is 6.61. The third-order valence-corrected chi connectivity index (χ3v) is 4.34. The van der Waals surface area contributed by atoms with E-state index in [-0.39, 0.29) is 11.9 Å². The molecule has 1 aromatic rings. The van der Waals surface area contributed by atoms with E-state index < -0.39 is 0 Å². The minimum atomic E-state index is 0.174. The molecule has 0 saturated carbocycles. The van der Waals surface area contributed by atoms with Crippen LogP contribution in [-0.4, -0.2) is 36.7 Å². The standard InChI is InChI=1S/C15H24N2OS/c1-11(2)17(5)15(18)10-19-14-8-6-13(7-9-14)12(3)16-4/h6-9,11-12,16H,10H2,1-5H3. The molecule has 19 heavy (non-hydrogen) atoms. The lowest BCUT2D eigenvalue weighted by molar-refractivity contribution is -0.128. The monoisotopic (exact) mass is 280 g/mol. The highest BCUT2D eigenvalue weighted by Crippen LogP contribution is 2.21. The van der Waals surface area contributed by atoms with Crippen molar-refractivity contribution in [1.29, 1.82) is 0 Å². The van der Waals surface area contributed by atoms with Crippen LogP contribution in [0.4, 0.5) is 0 Å². The smallest absolute Gasteiger partial charge is 0.232 e. The van der Waals surface area contributed by atoms with Crippen LogP contribution in [0.3, 0.4) is 0 Å². The fourth-order valence-corrected chi connectivity index (χ4v) is 2.38. The van der Waals surface area contributed by atoms with Crippen LogP contribution in [0.15, 0.2) is 29.2 Å². The zero-order valence-electron chi connectivity index (χ0n) is 12.4. The molecule has 0 spiro atoms. The lowest BCUT2D eigenvalue weighted by Gasteiger charge is -2.21. The highest BCUT2D eigenvalue weighted by atomic mass is 32.2. The van der Waals surface area contributed by atoms with Crippen LogP contribution in [-0.2, 0) is 4.79 Å². The SMILES string of the molecule is CNC(C)c1ccc(SCC(=O)N(C)C(C)C)cc1. The third-order valence-electron chi connectivity index (χ3n) is 3.34. The van der Waals surface area contributed by atoms with E-state index in [2.05, 4.69) is 36.5 Å². The van der Waals surface area contributed by atoms with Crippen molar-refractivity contribution >= 4 is 17.7 Å². The molecule has 0 heterocycles. The Kier molecular flexibility index (Phi) is 6.38. The van der Waals surface area contributed by atoms with E-state index in [1.165, 1.54) is 5.56 Å². The van der Waals surface area contributed by atoms with Gasteiger partial charge in [0.15, 0.2) is 0 Å². The fourth-order valence-electron chi connectivity index (χ4n) is 1.55. The van der Waals surface area contributed by atoms with Crippen LogP contribution in [0.5, 0.6) is 0 Å². The molecule has 1 amide bonds. The topological polar surface area (TPSA) is 32.3 Å². The summed E-state index contributed by atoms with van der Waals surface area (Å²) in [4.78, 5) is 14.8. The summed E-state index contributed by atoms with van der Waals surface area (Å²) in [6, 6.07) is 8.99. The van der Waals surface area contributed by atoms with Crippen LogP contribution in [0, 0.1) is 0 Å². The molecule has 4 heteroatoms. The summed E-state index contributed by atoms with van der Waals surface area (Å²) < 4.78 is 0. The first-order chi connectivity index (χ1) is 8.95. The first kappa shape index (κ1) is 16.1. The summed E-state index contributed by atoms with van der Waals surface area (Å²) in [7, 11) is 3.80. The van der Waals surface area contributed by atoms with E-state index in [9.17, 15) is 4.79 Å². The number of amides is 1. The molecule has 1 unspecified atom stereocenters. The molecular formula is C15H24N2OS. The Morgan fingerprint density at radius 3 is 2.32 bits per heavy atom. The maximum Gasteiger partial charge on any atom is 0.232 e. The Morgan fingerprint density at radius 1 is 1.26 bits per heavy atom. The second kappa shape index (κ2) is 7.56. The Labute approximate surface area is 120 Å². The van der Waals surface area contributed by atoms with E-state index in [1.54, 1.807) is 16.7 Å². The molecule has 1 rings (SSSR count). The molecule has 1 atom stereocenters. The predicted octanol–water partition coefficient (Wildman–Crippen LogP) is 2.93. The minimum absolute atomic E-state index is 0.174. The number of benzene rings is 1. The van der Waals surface area contributed by atoms with Gasteiger partial charge >= 0.3 is 0 Å². The number of hydrogen-bond donors (Lipinski definition) is 1. The van der Waals surface area contributed by atoms with E-state index in [4.69, 9.17) is 0 Å². The number of hydrogen-bond acceptors (Lipinski definition) is 3. The van der Waals surface area contributed by atoms with Crippen LogP contribution in [0.2, 0.25) is 0 Å². The second-order valence-electron chi connectivity index (χ2n) is 4.97. The molecule has 3 nitrogen and oxygen atoms in total. The van der Waals surface area contributed by atoms with Gasteiger partial charge in [0, 0.05) is 24.0 Å². The van der Waals surface area contributed by atoms with Crippen LogP contribution < -0.4 is 5.32 Å². The van der Waals surface area contributed by atoms with Gasteiger partial charge in [-0.3, -0.25) is 4.79 Å². The van der Waals surface area contributed by atoms with E-state index >= 15 is 0 Å². The van der Waals surface area contributed by atoms with Crippen LogP contribution in [0.25, 0.3) is 0 Å². The average molecular weight is 280 g/mol. The van der Waals surface area contributed by atoms with Gasteiger partial charge < -0.3 is 10.2 Å². The van der Waals surface area contributed by atoms with Crippen molar-refractivity contribution in [2.75, 3.05) is 19.8 Å². The molecular weight excluding hydrogens is 256 g/mol. The summed E-state index contributed by atoms with van der Waals surface area (Å²) >= 11 is 1.59. The first-order valence-corrected chi connectivity index (χ1v) is 7.60. The zero-order valence-corrected chi connectivity index (χ0v) is 13.3. The van der Waals surface area contributed by atoms with Crippen LogP contribution in [0.1, 0.15) is 32.4 Å². The number of rotatable bonds is 6. The summed E-state index contributed by atoms with van der Waals surface area (Å²) in [6.45, 7) is 6.18. The number of carbonyl (C=O) groups excluding carboxylic acids is 1. The summed E-state index contributed by atoms with van der Waals surface area (Å²) in [5, 5.41) is 3.21. The minimum Gasteiger partial charge on any atom is -0.343 e. The highest BCUT2D eigenvalue weighted by Gasteiger charge is 2.12. The lowest BCUT2D eigenvalue weighted by atomic mass is 10.1. The van der Waals surface area contributed by atoms with Gasteiger partial charge in [-0.1, -0.05) is 12.1 Å². The van der Waals surface area contributed by atoms with Crippen molar-refractivity contribution in [3.8, 4) is 0 Å². The maximum atomic E-state index is 11.9. The Morgan fingerprint density at radius 2 is 1.84 bits per heavy atom. The van der Waals surface area contributed by atoms with Gasteiger partial charge in [0.1, 0.15) is 0 Å². The number of thioether (sulfide) groups is 1. The van der Waals surface area contributed by atoms with Gasteiger partial charge in [0.05, 0.1) is 5.75 Å². The molecule has 0 aliphatic heterocycles. The quantitative estimate of drug-likeness (QED) is 0.813. The van der Waals surface area contributed by atoms with Gasteiger partial charge in [-0.05, 0) is 45.5 Å². The molecule has 1 N–H and O–H groups in total. The largest absolute Gasteiger partial charge is 0.343 e. The van der Waals surface area contributed by atoms with Crippen molar-refractivity contribution in [3.05, 3.63) is 29.8 Å². The van der Waals surface area contributed by atoms with Crippen molar-refractivity contribution in [1.82, 2.24) is 10.2 Å². The molecule has 0 radical (unpaired) electrons. The molecule has 0 aliphatic carbocycles. The average Bonchev–Trinajstić information content (AvgIpc) is 2.43. The second-order valence-corrected chi connectivity index (χ2v) is 6.02. The Bertz CT molecular complexity index is 403.